The van der Waals surface area contributed by atoms with Gasteiger partial charge in [0.15, 0.2) is 0 Å². The van der Waals surface area contributed by atoms with Crippen molar-refractivity contribution in [1.82, 2.24) is 0 Å². The highest BCUT2D eigenvalue weighted by atomic mass is 16.5. The fourth-order valence-electron chi connectivity index (χ4n) is 0.415. The van der Waals surface area contributed by atoms with Crippen LogP contribution in [0.3, 0.4) is 0 Å². The molecule has 0 amide bonds. The Morgan fingerprint density at radius 3 is 2.64 bits per heavy atom. The Labute approximate surface area is 66.0 Å². The van der Waals surface area contributed by atoms with Gasteiger partial charge >= 0.3 is 5.97 Å². The van der Waals surface area contributed by atoms with Crippen molar-refractivity contribution in [2.75, 3.05) is 6.61 Å². The van der Waals surface area contributed by atoms with E-state index in [2.05, 4.69) is 0 Å². The molecular weight excluding hydrogens is 144 g/mol. The third kappa shape index (κ3) is 6.77. The van der Waals surface area contributed by atoms with Crippen molar-refractivity contribution < 1.29 is 14.3 Å². The van der Waals surface area contributed by atoms with Gasteiger partial charge in [0.25, 0.3) is 0 Å². The predicted octanol–water partition coefficient (Wildman–Crippen LogP) is 0.941. The molecule has 0 fully saturated rings. The average molecular weight is 156 g/mol. The summed E-state index contributed by atoms with van der Waals surface area (Å²) < 4.78 is 4.72. The summed E-state index contributed by atoms with van der Waals surface area (Å²) in [6.07, 6.45) is 2.76. The molecule has 62 valence electrons. The number of hydrogen-bond acceptors (Lipinski definition) is 3. The van der Waals surface area contributed by atoms with Gasteiger partial charge in [0.1, 0.15) is 6.29 Å². The zero-order valence-corrected chi connectivity index (χ0v) is 6.74. The van der Waals surface area contributed by atoms with Crippen molar-refractivity contribution in [3.05, 3.63) is 12.2 Å². The van der Waals surface area contributed by atoms with Crippen LogP contribution in [0.5, 0.6) is 0 Å². The zero-order chi connectivity index (χ0) is 8.69. The highest BCUT2D eigenvalue weighted by Crippen LogP contribution is 1.92. The molecule has 0 heterocycles. The highest BCUT2D eigenvalue weighted by Gasteiger charge is 1.97. The molecule has 0 aliphatic heterocycles. The molecule has 0 aliphatic carbocycles. The van der Waals surface area contributed by atoms with Crippen LogP contribution >= 0.6 is 0 Å². The van der Waals surface area contributed by atoms with Crippen molar-refractivity contribution in [2.45, 2.75) is 13.8 Å². The maximum absolute atomic E-state index is 10.6. The van der Waals surface area contributed by atoms with Crippen molar-refractivity contribution in [3.63, 3.8) is 0 Å². The molecule has 0 aromatic heterocycles. The first-order chi connectivity index (χ1) is 5.16. The van der Waals surface area contributed by atoms with E-state index in [1.54, 1.807) is 0 Å². The summed E-state index contributed by atoms with van der Waals surface area (Å²) in [7, 11) is 0. The smallest absolute Gasteiger partial charge is 0.330 e. The maximum Gasteiger partial charge on any atom is 0.330 e. The molecule has 11 heavy (non-hydrogen) atoms. The van der Waals surface area contributed by atoms with E-state index in [1.165, 1.54) is 0 Å². The lowest BCUT2D eigenvalue weighted by Gasteiger charge is -2.03. The van der Waals surface area contributed by atoms with Crippen LogP contribution in [-0.4, -0.2) is 18.9 Å². The Hall–Kier alpha value is -1.12. The summed E-state index contributed by atoms with van der Waals surface area (Å²) in [4.78, 5) is 20.4. The van der Waals surface area contributed by atoms with E-state index in [1.807, 2.05) is 13.8 Å². The molecule has 0 spiro atoms. The van der Waals surface area contributed by atoms with Gasteiger partial charge in [0, 0.05) is 6.08 Å². The summed E-state index contributed by atoms with van der Waals surface area (Å²) in [6, 6.07) is 0. The van der Waals surface area contributed by atoms with Gasteiger partial charge in [-0.3, -0.25) is 4.79 Å². The normalized spacial score (nSPS) is 10.5. The Kier molecular flexibility index (Phi) is 5.07. The molecule has 0 aliphatic rings. The summed E-state index contributed by atoms with van der Waals surface area (Å²) in [5.41, 5.74) is 0. The Morgan fingerprint density at radius 2 is 2.18 bits per heavy atom. The first-order valence-corrected chi connectivity index (χ1v) is 3.45. The molecule has 3 heteroatoms. The Morgan fingerprint density at radius 1 is 1.55 bits per heavy atom. The summed E-state index contributed by atoms with van der Waals surface area (Å²) in [5.74, 6) is -0.144. The molecule has 3 nitrogen and oxygen atoms in total. The molecule has 0 saturated heterocycles. The monoisotopic (exact) mass is 156 g/mol. The number of rotatable bonds is 4. The quantitative estimate of drug-likeness (QED) is 0.345. The van der Waals surface area contributed by atoms with Crippen molar-refractivity contribution in [2.24, 2.45) is 5.92 Å². The molecule has 0 bridgehead atoms. The van der Waals surface area contributed by atoms with Gasteiger partial charge in [-0.15, -0.1) is 0 Å². The number of allylic oxidation sites excluding steroid dienone is 1. The van der Waals surface area contributed by atoms with Crippen LogP contribution in [0.4, 0.5) is 0 Å². The lowest BCUT2D eigenvalue weighted by atomic mass is 10.2. The first kappa shape index (κ1) is 9.88. The number of esters is 1. The highest BCUT2D eigenvalue weighted by molar-refractivity contribution is 5.86. The third-order valence-corrected chi connectivity index (χ3v) is 0.870. The van der Waals surface area contributed by atoms with Crippen LogP contribution < -0.4 is 0 Å². The number of aldehydes is 1. The van der Waals surface area contributed by atoms with Crippen LogP contribution in [0, 0.1) is 5.92 Å². The van der Waals surface area contributed by atoms with Crippen molar-refractivity contribution in [3.8, 4) is 0 Å². The summed E-state index contributed by atoms with van der Waals surface area (Å²) in [5, 5.41) is 0. The second-order valence-corrected chi connectivity index (χ2v) is 2.52. The van der Waals surface area contributed by atoms with E-state index >= 15 is 0 Å². The zero-order valence-electron chi connectivity index (χ0n) is 6.74. The Balaban J connectivity index is 3.53. The number of ether oxygens (including phenoxy) is 1. The fraction of sp³-hybridized carbons (Fsp3) is 0.500. The fourth-order valence-corrected chi connectivity index (χ4v) is 0.415. The van der Waals surface area contributed by atoms with Crippen molar-refractivity contribution in [1.29, 1.82) is 0 Å². The first-order valence-electron chi connectivity index (χ1n) is 3.45. The summed E-state index contributed by atoms with van der Waals surface area (Å²) in [6.45, 7) is 4.27. The second kappa shape index (κ2) is 5.65. The predicted molar refractivity (Wildman–Crippen MR) is 41.0 cm³/mol. The minimum atomic E-state index is -0.467. The minimum Gasteiger partial charge on any atom is -0.462 e. The lowest BCUT2D eigenvalue weighted by molar-refractivity contribution is -0.138. The van der Waals surface area contributed by atoms with Crippen LogP contribution in [-0.2, 0) is 14.3 Å². The molecule has 0 radical (unpaired) electrons. The second-order valence-electron chi connectivity index (χ2n) is 2.52. The Bertz CT molecular complexity index is 159. The summed E-state index contributed by atoms with van der Waals surface area (Å²) >= 11 is 0. The molecular formula is C8H12O3. The van der Waals surface area contributed by atoms with E-state index in [0.29, 0.717) is 18.8 Å². The topological polar surface area (TPSA) is 43.4 Å². The van der Waals surface area contributed by atoms with Gasteiger partial charge in [-0.05, 0) is 12.0 Å². The van der Waals surface area contributed by atoms with Crippen molar-refractivity contribution >= 4 is 12.3 Å². The van der Waals surface area contributed by atoms with E-state index in [-0.39, 0.29) is 0 Å². The van der Waals surface area contributed by atoms with Crippen LogP contribution in [0.15, 0.2) is 12.2 Å². The van der Waals surface area contributed by atoms with Gasteiger partial charge < -0.3 is 4.74 Å². The minimum absolute atomic E-state index is 0.323. The van der Waals surface area contributed by atoms with E-state index in [4.69, 9.17) is 4.74 Å². The van der Waals surface area contributed by atoms with E-state index in [0.717, 1.165) is 12.2 Å². The average Bonchev–Trinajstić information content (AvgIpc) is 1.97. The lowest BCUT2D eigenvalue weighted by Crippen LogP contribution is -2.07. The third-order valence-electron chi connectivity index (χ3n) is 0.870. The SMILES string of the molecule is CC(C)COC(=O)C=CC=O. The van der Waals surface area contributed by atoms with Gasteiger partial charge in [-0.1, -0.05) is 13.8 Å². The standard InChI is InChI=1S/C8H12O3/c1-7(2)6-11-8(10)4-3-5-9/h3-5,7H,6H2,1-2H3. The maximum atomic E-state index is 10.6. The van der Waals surface area contributed by atoms with Crippen LogP contribution in [0.1, 0.15) is 13.8 Å². The number of hydrogen-bond donors (Lipinski definition) is 0. The molecule has 0 saturated carbocycles. The van der Waals surface area contributed by atoms with E-state index in [9.17, 15) is 9.59 Å². The molecule has 0 N–H and O–H groups in total. The number of carbonyl (C=O) groups excluding carboxylic acids is 2. The van der Waals surface area contributed by atoms with Gasteiger partial charge in [0.05, 0.1) is 6.61 Å². The molecule has 0 aromatic carbocycles. The number of carbonyl (C=O) groups is 2. The van der Waals surface area contributed by atoms with Gasteiger partial charge in [0.2, 0.25) is 0 Å². The van der Waals surface area contributed by atoms with Gasteiger partial charge in [-0.2, -0.15) is 0 Å². The van der Waals surface area contributed by atoms with E-state index < -0.39 is 5.97 Å². The van der Waals surface area contributed by atoms with Crippen LogP contribution in [0.2, 0.25) is 0 Å². The molecule has 0 atom stereocenters. The van der Waals surface area contributed by atoms with Crippen LogP contribution in [0.25, 0.3) is 0 Å². The largest absolute Gasteiger partial charge is 0.462 e. The van der Waals surface area contributed by atoms with Gasteiger partial charge in [-0.25, -0.2) is 4.79 Å². The molecule has 0 rings (SSSR count). The molecule has 0 unspecified atom stereocenters. The molecule has 0 aromatic rings.